The van der Waals surface area contributed by atoms with Gasteiger partial charge in [0, 0.05) is 6.61 Å². The first-order valence-electron chi connectivity index (χ1n) is 5.37. The second kappa shape index (κ2) is 24.4. The molecule has 0 saturated carbocycles. The van der Waals surface area contributed by atoms with Crippen LogP contribution in [0.4, 0.5) is 0 Å². The average Bonchev–Trinajstić information content (AvgIpc) is 2.03. The number of aliphatic hydroxyl groups is 1. The minimum atomic E-state index is -1.81. The zero-order valence-corrected chi connectivity index (χ0v) is 13.0. The molecular formula is C12H28O3V-2. The van der Waals surface area contributed by atoms with Gasteiger partial charge in [0.05, 0.1) is 0 Å². The Morgan fingerprint density at radius 1 is 0.938 bits per heavy atom. The summed E-state index contributed by atoms with van der Waals surface area (Å²) >= 11 is -1.81. The van der Waals surface area contributed by atoms with Gasteiger partial charge in [-0.05, 0) is 5.92 Å². The third-order valence-electron chi connectivity index (χ3n) is 0.365. The summed E-state index contributed by atoms with van der Waals surface area (Å²) in [6.07, 6.45) is 0. The van der Waals surface area contributed by atoms with Crippen LogP contribution in [-0.4, -0.2) is 11.7 Å². The predicted octanol–water partition coefficient (Wildman–Crippen LogP) is 3.35. The summed E-state index contributed by atoms with van der Waals surface area (Å²) in [4.78, 5) is 0. The fourth-order valence-corrected chi connectivity index (χ4v) is 0. The SMILES string of the molecule is CC(C)CO.[CH2-]C(C)C.[CH2-]C(C)C.[O]=[V]=[O]. The van der Waals surface area contributed by atoms with Crippen molar-refractivity contribution in [3.05, 3.63) is 13.8 Å². The van der Waals surface area contributed by atoms with E-state index >= 15 is 0 Å². The molecule has 0 aromatic heterocycles. The fourth-order valence-electron chi connectivity index (χ4n) is 0. The Labute approximate surface area is 109 Å². The van der Waals surface area contributed by atoms with Crippen molar-refractivity contribution in [1.29, 1.82) is 0 Å². The molecule has 0 heterocycles. The molecule has 0 unspecified atom stereocenters. The van der Waals surface area contributed by atoms with E-state index < -0.39 is 16.2 Å². The second-order valence-electron chi connectivity index (χ2n) is 4.44. The van der Waals surface area contributed by atoms with Crippen LogP contribution in [0.3, 0.4) is 0 Å². The Hall–Kier alpha value is 0.144. The van der Waals surface area contributed by atoms with Crippen LogP contribution in [0.1, 0.15) is 41.5 Å². The van der Waals surface area contributed by atoms with Crippen molar-refractivity contribution >= 4 is 0 Å². The topological polar surface area (TPSA) is 54.4 Å². The molecule has 0 saturated heterocycles. The molecule has 16 heavy (non-hydrogen) atoms. The van der Waals surface area contributed by atoms with Gasteiger partial charge >= 0.3 is 23.5 Å². The molecule has 0 aliphatic rings. The molecule has 1 N–H and O–H groups in total. The molecule has 0 aliphatic carbocycles. The maximum absolute atomic E-state index is 8.47. The van der Waals surface area contributed by atoms with E-state index in [1.165, 1.54) is 0 Å². The molecule has 0 atom stereocenters. The summed E-state index contributed by atoms with van der Waals surface area (Å²) in [6, 6.07) is 0. The van der Waals surface area contributed by atoms with Crippen molar-refractivity contribution in [1.82, 2.24) is 0 Å². The first-order valence-corrected chi connectivity index (χ1v) is 6.51. The summed E-state index contributed by atoms with van der Waals surface area (Å²) in [5, 5.41) is 8.14. The monoisotopic (exact) mass is 271 g/mol. The van der Waals surface area contributed by atoms with Gasteiger partial charge < -0.3 is 19.0 Å². The molecule has 3 nitrogen and oxygen atoms in total. The van der Waals surface area contributed by atoms with Crippen molar-refractivity contribution < 1.29 is 28.6 Å². The van der Waals surface area contributed by atoms with Gasteiger partial charge in [-0.1, -0.05) is 41.5 Å². The van der Waals surface area contributed by atoms with Gasteiger partial charge in [0.1, 0.15) is 0 Å². The normalized spacial score (nSPS) is 8.00. The average molecular weight is 271 g/mol. The predicted molar refractivity (Wildman–Crippen MR) is 63.7 cm³/mol. The molecule has 4 heteroatoms. The van der Waals surface area contributed by atoms with Crippen LogP contribution in [-0.2, 0) is 23.5 Å². The summed E-state index contributed by atoms with van der Waals surface area (Å²) in [6.45, 7) is 19.8. The van der Waals surface area contributed by atoms with Crippen LogP contribution in [0.5, 0.6) is 0 Å². The molecule has 0 aliphatic heterocycles. The molecular weight excluding hydrogens is 243 g/mol. The molecule has 0 bridgehead atoms. The van der Waals surface area contributed by atoms with Crippen LogP contribution in [0.2, 0.25) is 0 Å². The molecule has 0 radical (unpaired) electrons. The molecule has 0 rings (SSSR count). The van der Waals surface area contributed by atoms with Gasteiger partial charge in [-0.15, -0.1) is 0 Å². The first-order chi connectivity index (χ1) is 7.15. The van der Waals surface area contributed by atoms with Crippen molar-refractivity contribution in [3.8, 4) is 0 Å². The van der Waals surface area contributed by atoms with Crippen molar-refractivity contribution in [2.75, 3.05) is 6.61 Å². The minimum absolute atomic E-state index is 0.306. The number of rotatable bonds is 1. The van der Waals surface area contributed by atoms with Gasteiger partial charge in [-0.25, -0.2) is 0 Å². The summed E-state index contributed by atoms with van der Waals surface area (Å²) < 4.78 is 16.9. The first kappa shape index (κ1) is 25.1. The Balaban J connectivity index is -0.0000000610. The Morgan fingerprint density at radius 2 is 1.00 bits per heavy atom. The van der Waals surface area contributed by atoms with Crippen molar-refractivity contribution in [2.24, 2.45) is 17.8 Å². The van der Waals surface area contributed by atoms with E-state index in [2.05, 4.69) is 41.5 Å². The van der Waals surface area contributed by atoms with Crippen LogP contribution in [0.15, 0.2) is 0 Å². The number of aliphatic hydroxyl groups excluding tert-OH is 1. The molecule has 0 spiro atoms. The Bertz CT molecular complexity index is 117. The van der Waals surface area contributed by atoms with E-state index in [9.17, 15) is 0 Å². The molecule has 0 aromatic rings. The quantitative estimate of drug-likeness (QED) is 0.744. The van der Waals surface area contributed by atoms with E-state index in [0.29, 0.717) is 24.4 Å². The van der Waals surface area contributed by atoms with Crippen LogP contribution >= 0.6 is 0 Å². The molecule has 0 fully saturated rings. The zero-order chi connectivity index (χ0) is 14.1. The Kier molecular flexibility index (Phi) is 38.3. The third-order valence-corrected chi connectivity index (χ3v) is 0.365. The van der Waals surface area contributed by atoms with Gasteiger partial charge in [0.25, 0.3) is 0 Å². The van der Waals surface area contributed by atoms with Crippen LogP contribution < -0.4 is 0 Å². The zero-order valence-electron chi connectivity index (χ0n) is 11.6. The summed E-state index contributed by atoms with van der Waals surface area (Å²) in [7, 11) is 0. The third kappa shape index (κ3) is 531. The summed E-state index contributed by atoms with van der Waals surface area (Å²) in [5.41, 5.74) is 0. The molecule has 0 aromatic carbocycles. The second-order valence-corrected chi connectivity index (χ2v) is 4.67. The Morgan fingerprint density at radius 3 is 1.00 bits per heavy atom. The van der Waals surface area contributed by atoms with Gasteiger partial charge in [0.2, 0.25) is 0 Å². The van der Waals surface area contributed by atoms with Crippen LogP contribution in [0.25, 0.3) is 0 Å². The standard InChI is InChI=1S/C4H10O.2C4H9.2O.V/c1-4(2)3-5;2*1-4(2)3;;;/h4-5H,3H2,1-2H3;2*4H,1H2,2-3H3;;;/q;2*-1;;;. The van der Waals surface area contributed by atoms with Crippen molar-refractivity contribution in [2.45, 2.75) is 41.5 Å². The van der Waals surface area contributed by atoms with E-state index in [4.69, 9.17) is 12.5 Å². The van der Waals surface area contributed by atoms with Gasteiger partial charge in [-0.3, -0.25) is 0 Å². The van der Waals surface area contributed by atoms with E-state index in [1.54, 1.807) is 0 Å². The molecule has 0 amide bonds. The fraction of sp³-hybridized carbons (Fsp3) is 0.833. The molecule has 101 valence electrons. The number of hydrogen-bond donors (Lipinski definition) is 1. The van der Waals surface area contributed by atoms with Gasteiger partial charge in [0.15, 0.2) is 0 Å². The number of hydrogen-bond acceptors (Lipinski definition) is 3. The van der Waals surface area contributed by atoms with E-state index in [0.717, 1.165) is 0 Å². The van der Waals surface area contributed by atoms with Crippen LogP contribution in [0, 0.1) is 31.6 Å². The van der Waals surface area contributed by atoms with E-state index in [-0.39, 0.29) is 0 Å². The van der Waals surface area contributed by atoms with Crippen molar-refractivity contribution in [3.63, 3.8) is 0 Å². The van der Waals surface area contributed by atoms with Gasteiger partial charge in [-0.2, -0.15) is 11.8 Å². The van der Waals surface area contributed by atoms with E-state index in [1.807, 2.05) is 13.8 Å². The maximum atomic E-state index is 8.47. The summed E-state index contributed by atoms with van der Waals surface area (Å²) in [5.74, 6) is 1.61.